The Bertz CT molecular complexity index is 674. The zero-order valence-corrected chi connectivity index (χ0v) is 14.4. The predicted molar refractivity (Wildman–Crippen MR) is 89.1 cm³/mol. The lowest BCUT2D eigenvalue weighted by atomic mass is 9.99. The number of nitrogens with zero attached hydrogens (tertiary/aromatic N) is 3. The number of methoxy groups -OCH3 is 1. The standard InChI is InChI=1S/C17H24N4O2/c1-6-11-17(3,4)18-16(22)15-12(2)21(20-19-15)13-7-9-14(23-5)10-8-13/h7-10H,6,11H2,1-5H3,(H,18,22). The second-order valence-corrected chi connectivity index (χ2v) is 6.22. The first kappa shape index (κ1) is 17.0. The van der Waals surface area contributed by atoms with Crippen LogP contribution in [-0.4, -0.2) is 33.5 Å². The molecule has 124 valence electrons. The molecule has 0 aliphatic rings. The van der Waals surface area contributed by atoms with Crippen LogP contribution in [0, 0.1) is 6.92 Å². The Labute approximate surface area is 136 Å². The fourth-order valence-electron chi connectivity index (χ4n) is 2.56. The fourth-order valence-corrected chi connectivity index (χ4v) is 2.56. The maximum atomic E-state index is 12.5. The zero-order valence-electron chi connectivity index (χ0n) is 14.4. The monoisotopic (exact) mass is 316 g/mol. The first-order valence-corrected chi connectivity index (χ1v) is 7.77. The molecule has 0 saturated carbocycles. The summed E-state index contributed by atoms with van der Waals surface area (Å²) in [5.74, 6) is 0.575. The smallest absolute Gasteiger partial charge is 0.274 e. The summed E-state index contributed by atoms with van der Waals surface area (Å²) in [6.45, 7) is 7.96. The van der Waals surface area contributed by atoms with E-state index in [1.807, 2.05) is 45.0 Å². The van der Waals surface area contributed by atoms with E-state index in [0.29, 0.717) is 11.4 Å². The Morgan fingerprint density at radius 1 is 1.30 bits per heavy atom. The summed E-state index contributed by atoms with van der Waals surface area (Å²) >= 11 is 0. The normalized spacial score (nSPS) is 11.3. The van der Waals surface area contributed by atoms with Gasteiger partial charge in [-0.15, -0.1) is 5.10 Å². The Morgan fingerprint density at radius 3 is 2.52 bits per heavy atom. The van der Waals surface area contributed by atoms with Gasteiger partial charge in [-0.2, -0.15) is 0 Å². The molecule has 23 heavy (non-hydrogen) atoms. The van der Waals surface area contributed by atoms with Gasteiger partial charge in [-0.3, -0.25) is 4.79 Å². The molecule has 6 nitrogen and oxygen atoms in total. The van der Waals surface area contributed by atoms with E-state index in [1.165, 1.54) is 0 Å². The highest BCUT2D eigenvalue weighted by atomic mass is 16.5. The van der Waals surface area contributed by atoms with Crippen molar-refractivity contribution >= 4 is 5.91 Å². The average Bonchev–Trinajstić information content (AvgIpc) is 2.88. The Hall–Kier alpha value is -2.37. The van der Waals surface area contributed by atoms with Crippen molar-refractivity contribution in [1.82, 2.24) is 20.3 Å². The molecule has 1 aromatic heterocycles. The number of carbonyl (C=O) groups excluding carboxylic acids is 1. The second kappa shape index (κ2) is 6.81. The van der Waals surface area contributed by atoms with E-state index >= 15 is 0 Å². The molecule has 0 saturated heterocycles. The van der Waals surface area contributed by atoms with Crippen LogP contribution in [0.1, 0.15) is 49.8 Å². The number of hydrogen-bond donors (Lipinski definition) is 1. The van der Waals surface area contributed by atoms with Gasteiger partial charge in [0.05, 0.1) is 18.5 Å². The van der Waals surface area contributed by atoms with E-state index in [1.54, 1.807) is 11.8 Å². The highest BCUT2D eigenvalue weighted by Crippen LogP contribution is 2.18. The van der Waals surface area contributed by atoms with Crippen LogP contribution in [-0.2, 0) is 0 Å². The molecule has 0 aliphatic heterocycles. The van der Waals surface area contributed by atoms with E-state index in [9.17, 15) is 4.79 Å². The van der Waals surface area contributed by atoms with Crippen LogP contribution in [0.2, 0.25) is 0 Å². The quantitative estimate of drug-likeness (QED) is 0.889. The van der Waals surface area contributed by atoms with Crippen LogP contribution >= 0.6 is 0 Å². The number of hydrogen-bond acceptors (Lipinski definition) is 4. The summed E-state index contributed by atoms with van der Waals surface area (Å²) in [5.41, 5.74) is 1.63. The molecule has 0 spiro atoms. The van der Waals surface area contributed by atoms with Crippen LogP contribution in [0.15, 0.2) is 24.3 Å². The predicted octanol–water partition coefficient (Wildman–Crippen LogP) is 2.89. The van der Waals surface area contributed by atoms with Gasteiger partial charge in [-0.05, 0) is 51.5 Å². The van der Waals surface area contributed by atoms with Gasteiger partial charge in [-0.1, -0.05) is 18.6 Å². The van der Waals surface area contributed by atoms with Gasteiger partial charge in [0, 0.05) is 5.54 Å². The third-order valence-corrected chi connectivity index (χ3v) is 3.75. The van der Waals surface area contributed by atoms with Gasteiger partial charge < -0.3 is 10.1 Å². The van der Waals surface area contributed by atoms with Gasteiger partial charge in [0.15, 0.2) is 5.69 Å². The zero-order chi connectivity index (χ0) is 17.0. The molecule has 0 atom stereocenters. The van der Waals surface area contributed by atoms with Crippen molar-refractivity contribution in [3.8, 4) is 11.4 Å². The number of ether oxygens (including phenoxy) is 1. The molecule has 2 aromatic rings. The third-order valence-electron chi connectivity index (χ3n) is 3.75. The van der Waals surface area contributed by atoms with Gasteiger partial charge >= 0.3 is 0 Å². The fraction of sp³-hybridized carbons (Fsp3) is 0.471. The molecular weight excluding hydrogens is 292 g/mol. The highest BCUT2D eigenvalue weighted by molar-refractivity contribution is 5.93. The number of carbonyl (C=O) groups is 1. The summed E-state index contributed by atoms with van der Waals surface area (Å²) in [6.07, 6.45) is 1.91. The maximum Gasteiger partial charge on any atom is 0.274 e. The van der Waals surface area contributed by atoms with Crippen molar-refractivity contribution in [2.45, 2.75) is 46.1 Å². The van der Waals surface area contributed by atoms with Crippen molar-refractivity contribution in [2.75, 3.05) is 7.11 Å². The SMILES string of the molecule is CCCC(C)(C)NC(=O)c1nnn(-c2ccc(OC)cc2)c1C. The third kappa shape index (κ3) is 3.88. The lowest BCUT2D eigenvalue weighted by Crippen LogP contribution is -2.43. The van der Waals surface area contributed by atoms with E-state index in [-0.39, 0.29) is 11.4 Å². The molecule has 1 N–H and O–H groups in total. The van der Waals surface area contributed by atoms with E-state index in [4.69, 9.17) is 4.74 Å². The molecule has 0 aliphatic carbocycles. The van der Waals surface area contributed by atoms with Crippen molar-refractivity contribution in [2.24, 2.45) is 0 Å². The summed E-state index contributed by atoms with van der Waals surface area (Å²) in [7, 11) is 1.62. The Balaban J connectivity index is 2.23. The number of amides is 1. The van der Waals surface area contributed by atoms with E-state index in [2.05, 4.69) is 22.6 Å². The molecule has 1 amide bonds. The van der Waals surface area contributed by atoms with E-state index in [0.717, 1.165) is 24.3 Å². The summed E-state index contributed by atoms with van der Waals surface area (Å²) in [5, 5.41) is 11.2. The Kier molecular flexibility index (Phi) is 5.03. The molecule has 1 aromatic carbocycles. The first-order chi connectivity index (χ1) is 10.9. The van der Waals surface area contributed by atoms with Gasteiger partial charge in [0.1, 0.15) is 5.75 Å². The molecule has 0 radical (unpaired) electrons. The molecule has 6 heteroatoms. The summed E-state index contributed by atoms with van der Waals surface area (Å²) in [6, 6.07) is 7.45. The van der Waals surface area contributed by atoms with Crippen molar-refractivity contribution in [1.29, 1.82) is 0 Å². The minimum absolute atomic E-state index is 0.194. The summed E-state index contributed by atoms with van der Waals surface area (Å²) in [4.78, 5) is 12.5. The minimum Gasteiger partial charge on any atom is -0.497 e. The lowest BCUT2D eigenvalue weighted by molar-refractivity contribution is 0.0903. The Morgan fingerprint density at radius 2 is 1.96 bits per heavy atom. The van der Waals surface area contributed by atoms with Gasteiger partial charge in [0.2, 0.25) is 0 Å². The second-order valence-electron chi connectivity index (χ2n) is 6.22. The average molecular weight is 316 g/mol. The van der Waals surface area contributed by atoms with E-state index < -0.39 is 0 Å². The lowest BCUT2D eigenvalue weighted by Gasteiger charge is -2.25. The minimum atomic E-state index is -0.262. The molecule has 0 fully saturated rings. The number of nitrogens with one attached hydrogen (secondary N) is 1. The van der Waals surface area contributed by atoms with Crippen LogP contribution < -0.4 is 10.1 Å². The van der Waals surface area contributed by atoms with Crippen LogP contribution in [0.5, 0.6) is 5.75 Å². The highest BCUT2D eigenvalue weighted by Gasteiger charge is 2.24. The van der Waals surface area contributed by atoms with Crippen molar-refractivity contribution in [3.05, 3.63) is 35.7 Å². The summed E-state index contributed by atoms with van der Waals surface area (Å²) < 4.78 is 6.80. The van der Waals surface area contributed by atoms with Crippen LogP contribution in [0.3, 0.4) is 0 Å². The van der Waals surface area contributed by atoms with Crippen molar-refractivity contribution in [3.63, 3.8) is 0 Å². The maximum absolute atomic E-state index is 12.5. The number of rotatable bonds is 6. The van der Waals surface area contributed by atoms with Gasteiger partial charge in [0.25, 0.3) is 5.91 Å². The van der Waals surface area contributed by atoms with Crippen LogP contribution in [0.25, 0.3) is 5.69 Å². The largest absolute Gasteiger partial charge is 0.497 e. The topological polar surface area (TPSA) is 69.0 Å². The molecular formula is C17H24N4O2. The molecule has 1 heterocycles. The van der Waals surface area contributed by atoms with Gasteiger partial charge in [-0.25, -0.2) is 4.68 Å². The first-order valence-electron chi connectivity index (χ1n) is 7.77. The molecule has 0 bridgehead atoms. The molecule has 2 rings (SSSR count). The number of aromatic nitrogens is 3. The molecule has 0 unspecified atom stereocenters. The number of benzene rings is 1. The van der Waals surface area contributed by atoms with Crippen molar-refractivity contribution < 1.29 is 9.53 Å². The van der Waals surface area contributed by atoms with Crippen LogP contribution in [0.4, 0.5) is 0 Å².